The molecule has 7 heteroatoms. The molecule has 0 saturated heterocycles. The minimum Gasteiger partial charge on any atom is -0.311 e. The van der Waals surface area contributed by atoms with Crippen molar-refractivity contribution in [3.8, 4) is 0 Å². The van der Waals surface area contributed by atoms with E-state index in [4.69, 9.17) is 11.6 Å². The highest BCUT2D eigenvalue weighted by atomic mass is 35.5. The highest BCUT2D eigenvalue weighted by Crippen LogP contribution is 2.28. The molecule has 2 rings (SSSR count). The number of thiophene rings is 1. The lowest BCUT2D eigenvalue weighted by atomic mass is 9.92. The van der Waals surface area contributed by atoms with Gasteiger partial charge in [-0.05, 0) is 32.9 Å². The number of anilines is 1. The van der Waals surface area contributed by atoms with E-state index >= 15 is 0 Å². The third-order valence-electron chi connectivity index (χ3n) is 3.81. The second-order valence-electron chi connectivity index (χ2n) is 8.32. The molecule has 0 aliphatic carbocycles. The topological polar surface area (TPSA) is 64.0 Å². The Morgan fingerprint density at radius 3 is 2.31 bits per heavy atom. The third-order valence-corrected chi connectivity index (χ3v) is 5.08. The number of nitrogens with one attached hydrogen (secondary N) is 1. The number of aromatic nitrogens is 2. The molecule has 5 nitrogen and oxygen atoms in total. The normalized spacial score (nSPS) is 12.3. The van der Waals surface area contributed by atoms with E-state index in [1.807, 2.05) is 31.5 Å². The van der Waals surface area contributed by atoms with Gasteiger partial charge in [-0.3, -0.25) is 9.59 Å². The monoisotopic (exact) mass is 395 g/mol. The molecule has 2 heterocycles. The Labute approximate surface area is 163 Å². The van der Waals surface area contributed by atoms with Gasteiger partial charge in [-0.1, -0.05) is 32.4 Å². The van der Waals surface area contributed by atoms with Crippen LogP contribution in [-0.4, -0.2) is 21.5 Å². The largest absolute Gasteiger partial charge is 0.311 e. The number of nitrogens with zero attached hydrogens (tertiary/aromatic N) is 2. The number of amides is 1. The maximum atomic E-state index is 12.4. The Bertz CT molecular complexity index is 810. The van der Waals surface area contributed by atoms with Gasteiger partial charge >= 0.3 is 0 Å². The van der Waals surface area contributed by atoms with Crippen LogP contribution in [0.3, 0.4) is 0 Å². The molecule has 0 unspecified atom stereocenters. The molecule has 142 valence electrons. The molecule has 0 bridgehead atoms. The zero-order valence-electron chi connectivity index (χ0n) is 16.1. The summed E-state index contributed by atoms with van der Waals surface area (Å²) in [6, 6.07) is 5.29. The van der Waals surface area contributed by atoms with Crippen molar-refractivity contribution in [2.45, 2.75) is 65.3 Å². The van der Waals surface area contributed by atoms with Crippen LogP contribution < -0.4 is 5.32 Å². The summed E-state index contributed by atoms with van der Waals surface area (Å²) in [4.78, 5) is 25.1. The lowest BCUT2D eigenvalue weighted by Gasteiger charge is -2.23. The maximum absolute atomic E-state index is 12.4. The van der Waals surface area contributed by atoms with Crippen molar-refractivity contribution in [3.63, 3.8) is 0 Å². The molecule has 2 aromatic heterocycles. The molecule has 2 aromatic rings. The van der Waals surface area contributed by atoms with Gasteiger partial charge in [-0.15, -0.1) is 11.3 Å². The minimum atomic E-state index is -0.268. The summed E-state index contributed by atoms with van der Waals surface area (Å²) >= 11 is 7.08. The van der Waals surface area contributed by atoms with Gasteiger partial charge in [0.25, 0.3) is 0 Å². The average Bonchev–Trinajstić information content (AvgIpc) is 3.10. The van der Waals surface area contributed by atoms with Crippen molar-refractivity contribution in [3.05, 3.63) is 33.1 Å². The fourth-order valence-corrected chi connectivity index (χ4v) is 3.38. The van der Waals surface area contributed by atoms with Crippen molar-refractivity contribution in [2.24, 2.45) is 0 Å². The van der Waals surface area contributed by atoms with Gasteiger partial charge in [0.15, 0.2) is 5.78 Å². The summed E-state index contributed by atoms with van der Waals surface area (Å²) in [5.41, 5.74) is 0.520. The zero-order chi connectivity index (χ0) is 19.7. The van der Waals surface area contributed by atoms with Crippen molar-refractivity contribution in [1.82, 2.24) is 9.78 Å². The van der Waals surface area contributed by atoms with E-state index in [-0.39, 0.29) is 35.5 Å². The number of carbonyl (C=O) groups is 2. The summed E-state index contributed by atoms with van der Waals surface area (Å²) in [7, 11) is 0. The smallest absolute Gasteiger partial charge is 0.225 e. The van der Waals surface area contributed by atoms with Crippen LogP contribution in [-0.2, 0) is 15.7 Å². The minimum absolute atomic E-state index is 0.0724. The van der Waals surface area contributed by atoms with E-state index in [1.54, 1.807) is 12.1 Å². The SMILES string of the molecule is CC(C)(C)c1cc(NC(=O)CCC(=O)c2ccc(Cl)s2)n(C(C)(C)C)n1. The van der Waals surface area contributed by atoms with Crippen LogP contribution in [0.1, 0.15) is 69.7 Å². The Hall–Kier alpha value is -1.66. The third kappa shape index (κ3) is 5.17. The first-order valence-corrected chi connectivity index (χ1v) is 9.77. The molecule has 0 radical (unpaired) electrons. The Balaban J connectivity index is 2.08. The quantitative estimate of drug-likeness (QED) is 0.703. The van der Waals surface area contributed by atoms with Gasteiger partial charge < -0.3 is 5.32 Å². The van der Waals surface area contributed by atoms with E-state index in [9.17, 15) is 9.59 Å². The summed E-state index contributed by atoms with van der Waals surface area (Å²) in [5.74, 6) is 0.377. The molecule has 1 N–H and O–H groups in total. The Morgan fingerprint density at radius 2 is 1.81 bits per heavy atom. The van der Waals surface area contributed by atoms with Gasteiger partial charge in [0.1, 0.15) is 5.82 Å². The highest BCUT2D eigenvalue weighted by Gasteiger charge is 2.25. The standard InChI is InChI=1S/C19H26ClN3O2S/c1-18(2,3)14-11-16(23(22-14)19(4,5)6)21-17(25)10-7-12(24)13-8-9-15(20)26-13/h8-9,11H,7,10H2,1-6H3,(H,21,25). The molecule has 1 amide bonds. The average molecular weight is 396 g/mol. The molecule has 0 spiro atoms. The molecule has 0 aromatic carbocycles. The summed E-state index contributed by atoms with van der Waals surface area (Å²) in [5, 5.41) is 7.58. The second-order valence-corrected chi connectivity index (χ2v) is 10.0. The van der Waals surface area contributed by atoms with Crippen LogP contribution in [0.25, 0.3) is 0 Å². The van der Waals surface area contributed by atoms with Gasteiger partial charge in [0.05, 0.1) is 20.4 Å². The van der Waals surface area contributed by atoms with Crippen molar-refractivity contribution in [2.75, 3.05) is 5.32 Å². The summed E-state index contributed by atoms with van der Waals surface area (Å²) in [6.07, 6.45) is 0.271. The Morgan fingerprint density at radius 1 is 1.15 bits per heavy atom. The molecule has 0 atom stereocenters. The fraction of sp³-hybridized carbons (Fsp3) is 0.526. The van der Waals surface area contributed by atoms with E-state index in [2.05, 4.69) is 31.2 Å². The highest BCUT2D eigenvalue weighted by molar-refractivity contribution is 7.18. The number of hydrogen-bond donors (Lipinski definition) is 1. The Kier molecular flexibility index (Phi) is 5.98. The molecule has 0 fully saturated rings. The first-order valence-electron chi connectivity index (χ1n) is 8.57. The number of Topliss-reactive ketones (excluding diaryl/α,β-unsaturated/α-hetero) is 1. The first kappa shape index (κ1) is 20.6. The van der Waals surface area contributed by atoms with Crippen LogP contribution in [0.2, 0.25) is 4.34 Å². The maximum Gasteiger partial charge on any atom is 0.225 e. The van der Waals surface area contributed by atoms with Gasteiger partial charge in [0, 0.05) is 24.3 Å². The first-order chi connectivity index (χ1) is 11.9. The van der Waals surface area contributed by atoms with E-state index in [0.717, 1.165) is 5.69 Å². The van der Waals surface area contributed by atoms with Crippen molar-refractivity contribution < 1.29 is 9.59 Å². The van der Waals surface area contributed by atoms with E-state index < -0.39 is 0 Å². The molecule has 0 aliphatic rings. The summed E-state index contributed by atoms with van der Waals surface area (Å²) < 4.78 is 2.40. The van der Waals surface area contributed by atoms with Crippen molar-refractivity contribution in [1.29, 1.82) is 0 Å². The predicted octanol–water partition coefficient (Wildman–Crippen LogP) is 5.25. The molecular formula is C19H26ClN3O2S. The van der Waals surface area contributed by atoms with Crippen LogP contribution >= 0.6 is 22.9 Å². The zero-order valence-corrected chi connectivity index (χ0v) is 17.7. The van der Waals surface area contributed by atoms with E-state index in [0.29, 0.717) is 15.0 Å². The number of hydrogen-bond acceptors (Lipinski definition) is 4. The molecule has 0 saturated carbocycles. The molecule has 0 aliphatic heterocycles. The van der Waals surface area contributed by atoms with Crippen LogP contribution in [0.5, 0.6) is 0 Å². The molecule has 26 heavy (non-hydrogen) atoms. The van der Waals surface area contributed by atoms with Crippen LogP contribution in [0.4, 0.5) is 5.82 Å². The lowest BCUT2D eigenvalue weighted by molar-refractivity contribution is -0.116. The fourth-order valence-electron chi connectivity index (χ4n) is 2.37. The van der Waals surface area contributed by atoms with Crippen LogP contribution in [0, 0.1) is 0 Å². The number of ketones is 1. The second kappa shape index (κ2) is 7.53. The van der Waals surface area contributed by atoms with Crippen LogP contribution in [0.15, 0.2) is 18.2 Å². The van der Waals surface area contributed by atoms with Gasteiger partial charge in [-0.25, -0.2) is 4.68 Å². The number of halogens is 1. The predicted molar refractivity (Wildman–Crippen MR) is 107 cm³/mol. The number of carbonyl (C=O) groups excluding carboxylic acids is 2. The van der Waals surface area contributed by atoms with Gasteiger partial charge in [0.2, 0.25) is 5.91 Å². The lowest BCUT2D eigenvalue weighted by Crippen LogP contribution is -2.27. The number of rotatable bonds is 5. The van der Waals surface area contributed by atoms with Gasteiger partial charge in [-0.2, -0.15) is 5.10 Å². The molecular weight excluding hydrogens is 370 g/mol. The van der Waals surface area contributed by atoms with E-state index in [1.165, 1.54) is 11.3 Å². The van der Waals surface area contributed by atoms with Crippen molar-refractivity contribution >= 4 is 40.4 Å². The summed E-state index contributed by atoms with van der Waals surface area (Å²) in [6.45, 7) is 12.3.